The van der Waals surface area contributed by atoms with E-state index in [9.17, 15) is 18.0 Å². The predicted molar refractivity (Wildman–Crippen MR) is 63.8 cm³/mol. The number of aromatic nitrogens is 2. The molecule has 0 bridgehead atoms. The van der Waals surface area contributed by atoms with E-state index in [-0.39, 0.29) is 21.4 Å². The fourth-order valence-electron chi connectivity index (χ4n) is 1.16. The van der Waals surface area contributed by atoms with Gasteiger partial charge in [-0.1, -0.05) is 0 Å². The quantitative estimate of drug-likeness (QED) is 0.716. The third-order valence-corrected chi connectivity index (χ3v) is 2.82. The lowest BCUT2D eigenvalue weighted by Gasteiger charge is -2.13. The topological polar surface area (TPSA) is 87.4 Å². The number of nitrogens with zero attached hydrogens (tertiary/aromatic N) is 2. The van der Waals surface area contributed by atoms with Gasteiger partial charge in [0.15, 0.2) is 0 Å². The van der Waals surface area contributed by atoms with Crippen LogP contribution in [0.4, 0.5) is 18.9 Å². The van der Waals surface area contributed by atoms with Crippen LogP contribution in [0.25, 0.3) is 0 Å². The van der Waals surface area contributed by atoms with Crippen LogP contribution in [-0.2, 0) is 6.54 Å². The molecule has 3 N–H and O–H groups in total. The average molecular weight is 346 g/mol. The third kappa shape index (κ3) is 4.80. The standard InChI is InChI=1S/C9H11BrF3N3O3/c10-7-6(14-1-5(18)3-17)2-15-16(8(7)19)4-9(11,12)13/h2,5,14,17-18H,1,3-4H2. The van der Waals surface area contributed by atoms with E-state index in [1.807, 2.05) is 0 Å². The molecule has 1 heterocycles. The van der Waals surface area contributed by atoms with Crippen molar-refractivity contribution in [1.82, 2.24) is 9.78 Å². The Hall–Kier alpha value is -1.13. The van der Waals surface area contributed by atoms with Crippen molar-refractivity contribution in [3.63, 3.8) is 0 Å². The monoisotopic (exact) mass is 345 g/mol. The number of aliphatic hydroxyl groups excluding tert-OH is 2. The van der Waals surface area contributed by atoms with Crippen molar-refractivity contribution in [2.24, 2.45) is 0 Å². The van der Waals surface area contributed by atoms with Crippen molar-refractivity contribution in [2.45, 2.75) is 18.8 Å². The lowest BCUT2D eigenvalue weighted by molar-refractivity contribution is -0.143. The molecule has 1 aromatic heterocycles. The molecular formula is C9H11BrF3N3O3. The number of halogens is 4. The van der Waals surface area contributed by atoms with Gasteiger partial charge in [0.2, 0.25) is 0 Å². The first kappa shape index (κ1) is 15.9. The Morgan fingerprint density at radius 1 is 1.53 bits per heavy atom. The van der Waals surface area contributed by atoms with Crippen molar-refractivity contribution in [1.29, 1.82) is 0 Å². The minimum atomic E-state index is -4.54. The Labute approximate surface area is 114 Å². The van der Waals surface area contributed by atoms with Crippen molar-refractivity contribution in [2.75, 3.05) is 18.5 Å². The molecule has 1 unspecified atom stereocenters. The second kappa shape index (κ2) is 6.35. The molecule has 19 heavy (non-hydrogen) atoms. The number of hydrogen-bond donors (Lipinski definition) is 3. The molecule has 0 spiro atoms. The molecule has 0 saturated heterocycles. The first-order chi connectivity index (χ1) is 8.74. The van der Waals surface area contributed by atoms with E-state index in [1.165, 1.54) is 0 Å². The molecule has 10 heteroatoms. The first-order valence-corrected chi connectivity index (χ1v) is 5.89. The van der Waals surface area contributed by atoms with Gasteiger partial charge in [-0.15, -0.1) is 0 Å². The largest absolute Gasteiger partial charge is 0.408 e. The van der Waals surface area contributed by atoms with Crippen LogP contribution in [0, 0.1) is 0 Å². The highest BCUT2D eigenvalue weighted by atomic mass is 79.9. The second-order valence-corrected chi connectivity index (χ2v) is 4.46. The molecule has 0 saturated carbocycles. The van der Waals surface area contributed by atoms with Crippen molar-refractivity contribution in [3.8, 4) is 0 Å². The van der Waals surface area contributed by atoms with E-state index in [0.29, 0.717) is 0 Å². The maximum absolute atomic E-state index is 12.2. The molecule has 1 atom stereocenters. The van der Waals surface area contributed by atoms with Crippen LogP contribution in [-0.4, -0.2) is 45.4 Å². The zero-order valence-electron chi connectivity index (χ0n) is 9.48. The molecule has 0 radical (unpaired) electrons. The summed E-state index contributed by atoms with van der Waals surface area (Å²) in [6.07, 6.45) is -4.57. The number of nitrogens with one attached hydrogen (secondary N) is 1. The van der Waals surface area contributed by atoms with Crippen molar-refractivity contribution < 1.29 is 23.4 Å². The molecule has 0 aliphatic rings. The van der Waals surface area contributed by atoms with Crippen LogP contribution >= 0.6 is 15.9 Å². The van der Waals surface area contributed by atoms with Crippen LogP contribution < -0.4 is 10.9 Å². The Balaban J connectivity index is 2.89. The Bertz CT molecular complexity index is 492. The highest BCUT2D eigenvalue weighted by Crippen LogP contribution is 2.19. The summed E-state index contributed by atoms with van der Waals surface area (Å²) in [5.41, 5.74) is -0.809. The van der Waals surface area contributed by atoms with Crippen LogP contribution in [0.3, 0.4) is 0 Å². The Morgan fingerprint density at radius 2 is 2.16 bits per heavy atom. The molecule has 108 valence electrons. The number of rotatable bonds is 5. The maximum Gasteiger partial charge on any atom is 0.408 e. The summed E-state index contributed by atoms with van der Waals surface area (Å²) in [7, 11) is 0. The summed E-state index contributed by atoms with van der Waals surface area (Å²) in [5.74, 6) is 0. The lowest BCUT2D eigenvalue weighted by atomic mass is 10.3. The molecule has 0 aliphatic heterocycles. The molecule has 1 aromatic rings. The molecule has 0 aliphatic carbocycles. The van der Waals surface area contributed by atoms with Gasteiger partial charge in [-0.25, -0.2) is 4.68 Å². The maximum atomic E-state index is 12.2. The van der Waals surface area contributed by atoms with E-state index in [1.54, 1.807) is 0 Å². The Kier molecular flexibility index (Phi) is 5.32. The van der Waals surface area contributed by atoms with Gasteiger partial charge in [0.25, 0.3) is 5.56 Å². The van der Waals surface area contributed by atoms with Crippen molar-refractivity contribution in [3.05, 3.63) is 21.0 Å². The van der Waals surface area contributed by atoms with E-state index >= 15 is 0 Å². The highest BCUT2D eigenvalue weighted by molar-refractivity contribution is 9.10. The summed E-state index contributed by atoms with van der Waals surface area (Å²) in [6.45, 7) is -2.04. The average Bonchev–Trinajstić information content (AvgIpc) is 2.32. The van der Waals surface area contributed by atoms with Crippen molar-refractivity contribution >= 4 is 21.6 Å². The minimum Gasteiger partial charge on any atom is -0.394 e. The van der Waals surface area contributed by atoms with Gasteiger partial charge in [0.1, 0.15) is 11.0 Å². The SMILES string of the molecule is O=c1c(Br)c(NCC(O)CO)cnn1CC(F)(F)F. The fraction of sp³-hybridized carbons (Fsp3) is 0.556. The summed E-state index contributed by atoms with van der Waals surface area (Å²) < 4.78 is 36.6. The van der Waals surface area contributed by atoms with Gasteiger partial charge in [-0.3, -0.25) is 4.79 Å². The Morgan fingerprint density at radius 3 is 2.68 bits per heavy atom. The van der Waals surface area contributed by atoms with Gasteiger partial charge < -0.3 is 15.5 Å². The van der Waals surface area contributed by atoms with Crippen LogP contribution in [0.2, 0.25) is 0 Å². The minimum absolute atomic E-state index is 0.0699. The molecule has 6 nitrogen and oxygen atoms in total. The van der Waals surface area contributed by atoms with Gasteiger partial charge in [0.05, 0.1) is 24.6 Å². The smallest absolute Gasteiger partial charge is 0.394 e. The number of alkyl halides is 3. The summed E-state index contributed by atoms with van der Waals surface area (Å²) >= 11 is 2.86. The van der Waals surface area contributed by atoms with Gasteiger partial charge in [-0.2, -0.15) is 18.3 Å². The zero-order valence-corrected chi connectivity index (χ0v) is 11.1. The molecule has 1 rings (SSSR count). The van der Waals surface area contributed by atoms with Gasteiger partial charge in [-0.05, 0) is 15.9 Å². The van der Waals surface area contributed by atoms with Gasteiger partial charge >= 0.3 is 6.18 Å². The summed E-state index contributed by atoms with van der Waals surface area (Å²) in [5, 5.41) is 23.7. The number of hydrogen-bond acceptors (Lipinski definition) is 5. The normalized spacial score (nSPS) is 13.4. The zero-order chi connectivity index (χ0) is 14.6. The lowest BCUT2D eigenvalue weighted by Crippen LogP contribution is -2.31. The molecule has 0 fully saturated rings. The molecular weight excluding hydrogens is 335 g/mol. The fourth-order valence-corrected chi connectivity index (χ4v) is 1.61. The van der Waals surface area contributed by atoms with Crippen LogP contribution in [0.15, 0.2) is 15.5 Å². The van der Waals surface area contributed by atoms with E-state index in [0.717, 1.165) is 6.20 Å². The van der Waals surface area contributed by atoms with Gasteiger partial charge in [0, 0.05) is 6.54 Å². The first-order valence-electron chi connectivity index (χ1n) is 5.09. The second-order valence-electron chi connectivity index (χ2n) is 3.67. The molecule has 0 amide bonds. The summed E-state index contributed by atoms with van der Waals surface area (Å²) in [4.78, 5) is 11.6. The molecule has 0 aromatic carbocycles. The number of anilines is 1. The van der Waals surface area contributed by atoms with E-state index < -0.39 is 31.0 Å². The van der Waals surface area contributed by atoms with E-state index in [4.69, 9.17) is 10.2 Å². The predicted octanol–water partition coefficient (Wildman–Crippen LogP) is 0.333. The van der Waals surface area contributed by atoms with E-state index in [2.05, 4.69) is 26.3 Å². The van der Waals surface area contributed by atoms with Crippen LogP contribution in [0.1, 0.15) is 0 Å². The van der Waals surface area contributed by atoms with Crippen LogP contribution in [0.5, 0.6) is 0 Å². The highest BCUT2D eigenvalue weighted by Gasteiger charge is 2.29. The summed E-state index contributed by atoms with van der Waals surface area (Å²) in [6, 6.07) is 0. The number of aliphatic hydroxyl groups is 2. The third-order valence-electron chi connectivity index (χ3n) is 2.05.